The molecule has 0 radical (unpaired) electrons. The molecular weight excluding hydrogens is 332 g/mol. The van der Waals surface area contributed by atoms with Crippen molar-refractivity contribution in [1.82, 2.24) is 9.97 Å². The van der Waals surface area contributed by atoms with Crippen molar-refractivity contribution in [2.45, 2.75) is 0 Å². The second kappa shape index (κ2) is 5.37. The molecule has 0 unspecified atom stereocenters. The molecule has 4 heteroatoms. The van der Waals surface area contributed by atoms with Gasteiger partial charge in [-0.2, -0.15) is 0 Å². The molecule has 0 bridgehead atoms. The normalized spacial score (nSPS) is 9.50. The molecule has 0 saturated carbocycles. The maximum atomic E-state index is 4.37. The van der Waals surface area contributed by atoms with E-state index in [2.05, 4.69) is 28.2 Å². The molecular formula is C12H10Br2N2. The first-order valence-corrected chi connectivity index (χ1v) is 4.53. The van der Waals surface area contributed by atoms with Gasteiger partial charge in [0, 0.05) is 23.2 Å². The van der Waals surface area contributed by atoms with E-state index >= 15 is 0 Å². The molecule has 0 aliphatic rings. The molecule has 0 N–H and O–H groups in total. The van der Waals surface area contributed by atoms with Gasteiger partial charge in [-0.25, -0.2) is 0 Å². The van der Waals surface area contributed by atoms with E-state index in [9.17, 15) is 0 Å². The number of fused-ring (bicyclic) bond motifs is 3. The van der Waals surface area contributed by atoms with Gasteiger partial charge >= 0.3 is 0 Å². The Hall–Kier alpha value is -1.00. The zero-order chi connectivity index (χ0) is 9.38. The van der Waals surface area contributed by atoms with Crippen molar-refractivity contribution in [3.05, 3.63) is 48.8 Å². The Balaban J connectivity index is 0.000000640. The molecule has 1 aromatic carbocycles. The second-order valence-corrected chi connectivity index (χ2v) is 3.21. The standard InChI is InChI=1S/C12H8N2.2BrH/c1-3-9-5-6-11-10(4-2-7-13-11)12(9)14-8-1;;/h1-8H;2*1H. The topological polar surface area (TPSA) is 25.8 Å². The Morgan fingerprint density at radius 3 is 2.38 bits per heavy atom. The lowest BCUT2D eigenvalue weighted by atomic mass is 10.1. The summed E-state index contributed by atoms with van der Waals surface area (Å²) >= 11 is 0. The highest BCUT2D eigenvalue weighted by Crippen LogP contribution is 2.20. The number of nitrogens with zero attached hydrogens (tertiary/aromatic N) is 2. The maximum Gasteiger partial charge on any atom is 0.0795 e. The Morgan fingerprint density at radius 2 is 1.50 bits per heavy atom. The zero-order valence-electron chi connectivity index (χ0n) is 8.33. The van der Waals surface area contributed by atoms with Crippen LogP contribution in [-0.2, 0) is 0 Å². The summed E-state index contributed by atoms with van der Waals surface area (Å²) in [4.78, 5) is 8.66. The lowest BCUT2D eigenvalue weighted by Gasteiger charge is -2.00. The Kier molecular flexibility index (Phi) is 4.38. The third kappa shape index (κ3) is 2.08. The van der Waals surface area contributed by atoms with Crippen LogP contribution in [0, 0.1) is 0 Å². The number of benzene rings is 1. The van der Waals surface area contributed by atoms with Crippen LogP contribution in [-0.4, -0.2) is 9.97 Å². The molecule has 3 rings (SSSR count). The summed E-state index contributed by atoms with van der Waals surface area (Å²) in [6.07, 6.45) is 3.62. The van der Waals surface area contributed by atoms with E-state index < -0.39 is 0 Å². The first-order valence-electron chi connectivity index (χ1n) is 4.53. The molecule has 3 aromatic rings. The maximum absolute atomic E-state index is 4.37. The predicted molar refractivity (Wildman–Crippen MR) is 77.7 cm³/mol. The minimum Gasteiger partial charge on any atom is -0.256 e. The van der Waals surface area contributed by atoms with Gasteiger partial charge in [-0.15, -0.1) is 34.0 Å². The molecule has 82 valence electrons. The van der Waals surface area contributed by atoms with Gasteiger partial charge in [-0.05, 0) is 24.3 Å². The molecule has 0 spiro atoms. The number of aromatic nitrogens is 2. The Labute approximate surface area is 114 Å². The lowest BCUT2D eigenvalue weighted by molar-refractivity contribution is 1.39. The van der Waals surface area contributed by atoms with Gasteiger partial charge < -0.3 is 0 Å². The highest BCUT2D eigenvalue weighted by molar-refractivity contribution is 8.93. The van der Waals surface area contributed by atoms with Gasteiger partial charge in [0.2, 0.25) is 0 Å². The SMILES string of the molecule is Br.Br.c1cnc2c(c1)ccc1ncccc12. The highest BCUT2D eigenvalue weighted by atomic mass is 79.9. The van der Waals surface area contributed by atoms with Crippen LogP contribution in [0.3, 0.4) is 0 Å². The van der Waals surface area contributed by atoms with Crippen LogP contribution in [0.4, 0.5) is 0 Å². The summed E-state index contributed by atoms with van der Waals surface area (Å²) in [5.74, 6) is 0. The van der Waals surface area contributed by atoms with Crippen molar-refractivity contribution in [2.24, 2.45) is 0 Å². The third-order valence-electron chi connectivity index (χ3n) is 2.35. The number of hydrogen-bond acceptors (Lipinski definition) is 2. The average Bonchev–Trinajstić information content (AvgIpc) is 2.29. The lowest BCUT2D eigenvalue weighted by Crippen LogP contribution is -1.82. The van der Waals surface area contributed by atoms with Crippen LogP contribution in [0.25, 0.3) is 21.8 Å². The Morgan fingerprint density at radius 1 is 0.750 bits per heavy atom. The summed E-state index contributed by atoms with van der Waals surface area (Å²) < 4.78 is 0. The molecule has 2 nitrogen and oxygen atoms in total. The number of hydrogen-bond donors (Lipinski definition) is 0. The van der Waals surface area contributed by atoms with Crippen molar-refractivity contribution < 1.29 is 0 Å². The van der Waals surface area contributed by atoms with E-state index in [-0.39, 0.29) is 34.0 Å². The van der Waals surface area contributed by atoms with Crippen LogP contribution in [0.1, 0.15) is 0 Å². The average molecular weight is 342 g/mol. The van der Waals surface area contributed by atoms with Gasteiger partial charge in [0.15, 0.2) is 0 Å². The smallest absolute Gasteiger partial charge is 0.0795 e. The summed E-state index contributed by atoms with van der Waals surface area (Å²) in [5.41, 5.74) is 2.02. The second-order valence-electron chi connectivity index (χ2n) is 3.21. The monoisotopic (exact) mass is 340 g/mol. The summed E-state index contributed by atoms with van der Waals surface area (Å²) in [7, 11) is 0. The van der Waals surface area contributed by atoms with E-state index in [4.69, 9.17) is 0 Å². The van der Waals surface area contributed by atoms with Gasteiger partial charge in [0.05, 0.1) is 11.0 Å². The summed E-state index contributed by atoms with van der Waals surface area (Å²) in [6.45, 7) is 0. The quantitative estimate of drug-likeness (QED) is 0.579. The molecule has 2 aromatic heterocycles. The first-order chi connectivity index (χ1) is 6.95. The summed E-state index contributed by atoms with van der Waals surface area (Å²) in [6, 6.07) is 12.1. The van der Waals surface area contributed by atoms with Crippen LogP contribution in [0.5, 0.6) is 0 Å². The minimum atomic E-state index is 0. The molecule has 0 amide bonds. The van der Waals surface area contributed by atoms with E-state index in [0.717, 1.165) is 21.8 Å². The van der Waals surface area contributed by atoms with E-state index in [0.29, 0.717) is 0 Å². The van der Waals surface area contributed by atoms with Gasteiger partial charge in [-0.1, -0.05) is 12.1 Å². The van der Waals surface area contributed by atoms with Crippen molar-refractivity contribution >= 4 is 55.8 Å². The zero-order valence-corrected chi connectivity index (χ0v) is 11.8. The molecule has 0 fully saturated rings. The molecule has 0 aliphatic heterocycles. The van der Waals surface area contributed by atoms with Gasteiger partial charge in [-0.3, -0.25) is 9.97 Å². The number of rotatable bonds is 0. The minimum absolute atomic E-state index is 0. The van der Waals surface area contributed by atoms with Crippen LogP contribution in [0.15, 0.2) is 48.8 Å². The number of halogens is 2. The molecule has 16 heavy (non-hydrogen) atoms. The largest absolute Gasteiger partial charge is 0.256 e. The highest BCUT2D eigenvalue weighted by Gasteiger charge is 1.99. The van der Waals surface area contributed by atoms with Crippen molar-refractivity contribution in [3.8, 4) is 0 Å². The van der Waals surface area contributed by atoms with Crippen molar-refractivity contribution in [1.29, 1.82) is 0 Å². The van der Waals surface area contributed by atoms with Crippen LogP contribution < -0.4 is 0 Å². The van der Waals surface area contributed by atoms with Gasteiger partial charge in [0.25, 0.3) is 0 Å². The van der Waals surface area contributed by atoms with Gasteiger partial charge in [0.1, 0.15) is 0 Å². The fraction of sp³-hybridized carbons (Fsp3) is 0. The molecule has 2 heterocycles. The molecule has 0 saturated heterocycles. The number of pyridine rings is 2. The predicted octanol–water partition coefficient (Wildman–Crippen LogP) is 3.94. The van der Waals surface area contributed by atoms with E-state index in [1.807, 2.05) is 24.4 Å². The fourth-order valence-electron chi connectivity index (χ4n) is 1.70. The van der Waals surface area contributed by atoms with Crippen LogP contribution in [0.2, 0.25) is 0 Å². The third-order valence-corrected chi connectivity index (χ3v) is 2.35. The van der Waals surface area contributed by atoms with Crippen LogP contribution >= 0.6 is 34.0 Å². The van der Waals surface area contributed by atoms with E-state index in [1.54, 1.807) is 6.20 Å². The Bertz CT molecular complexity index is 556. The fourth-order valence-corrected chi connectivity index (χ4v) is 1.70. The van der Waals surface area contributed by atoms with E-state index in [1.165, 1.54) is 0 Å². The molecule has 0 aliphatic carbocycles. The van der Waals surface area contributed by atoms with Crippen molar-refractivity contribution in [2.75, 3.05) is 0 Å². The van der Waals surface area contributed by atoms with Crippen molar-refractivity contribution in [3.63, 3.8) is 0 Å². The first kappa shape index (κ1) is 13.1. The molecule has 0 atom stereocenters. The summed E-state index contributed by atoms with van der Waals surface area (Å²) in [5, 5.41) is 2.28.